The Bertz CT molecular complexity index is 950. The maximum atomic E-state index is 10.9. The highest BCUT2D eigenvalue weighted by atomic mass is 28.4. The molecule has 0 bridgehead atoms. The van der Waals surface area contributed by atoms with Crippen molar-refractivity contribution >= 4 is 18.7 Å². The van der Waals surface area contributed by atoms with E-state index >= 15 is 0 Å². The average molecular weight is 493 g/mol. The van der Waals surface area contributed by atoms with Crippen molar-refractivity contribution in [1.82, 2.24) is 0 Å². The fourth-order valence-corrected chi connectivity index (χ4v) is 9.21. The van der Waals surface area contributed by atoms with Gasteiger partial charge in [-0.15, -0.1) is 0 Å². The van der Waals surface area contributed by atoms with Crippen molar-refractivity contribution < 1.29 is 19.4 Å². The fourth-order valence-electron chi connectivity index (χ4n) is 4.61. The lowest BCUT2D eigenvalue weighted by atomic mass is 10.0. The Morgan fingerprint density at radius 1 is 0.743 bits per heavy atom. The fraction of sp³-hybridized carbons (Fsp3) is 0.400. The standard InChI is InChI=1S/C30H40O4Si/c1-24(21-33-22-25-14-8-5-9-15-25)29(32)20-26(31)23-34-35(30(2,3)4,27-16-10-6-11-17-27)28-18-12-7-13-19-28/h5-19,24,26,29,31-32H,20-23H2,1-4H3/t24-,26+,29+/m1/s1. The van der Waals surface area contributed by atoms with E-state index in [1.54, 1.807) is 0 Å². The minimum Gasteiger partial charge on any atom is -0.405 e. The van der Waals surface area contributed by atoms with Crippen molar-refractivity contribution in [1.29, 1.82) is 0 Å². The van der Waals surface area contributed by atoms with Crippen LogP contribution in [-0.4, -0.2) is 44.0 Å². The molecule has 2 N–H and O–H groups in total. The Labute approximate surface area is 211 Å². The second kappa shape index (κ2) is 12.6. The Morgan fingerprint density at radius 2 is 1.23 bits per heavy atom. The van der Waals surface area contributed by atoms with E-state index in [1.807, 2.05) is 73.7 Å². The largest absolute Gasteiger partial charge is 0.405 e. The topological polar surface area (TPSA) is 58.9 Å². The van der Waals surface area contributed by atoms with Crippen LogP contribution in [0.5, 0.6) is 0 Å². The molecule has 35 heavy (non-hydrogen) atoms. The van der Waals surface area contributed by atoms with E-state index in [9.17, 15) is 10.2 Å². The highest BCUT2D eigenvalue weighted by Crippen LogP contribution is 2.36. The number of benzene rings is 3. The second-order valence-corrected chi connectivity index (χ2v) is 14.7. The monoisotopic (exact) mass is 492 g/mol. The molecule has 3 aromatic rings. The van der Waals surface area contributed by atoms with Crippen molar-refractivity contribution in [3.63, 3.8) is 0 Å². The molecule has 0 fully saturated rings. The van der Waals surface area contributed by atoms with Crippen LogP contribution in [-0.2, 0) is 15.8 Å². The molecule has 0 aliphatic rings. The zero-order valence-corrected chi connectivity index (χ0v) is 22.4. The van der Waals surface area contributed by atoms with Crippen molar-refractivity contribution in [2.24, 2.45) is 5.92 Å². The number of rotatable bonds is 12. The molecule has 0 aliphatic carbocycles. The van der Waals surface area contributed by atoms with Gasteiger partial charge in [-0.25, -0.2) is 0 Å². The lowest BCUT2D eigenvalue weighted by Crippen LogP contribution is -2.67. The van der Waals surface area contributed by atoms with Gasteiger partial charge in [-0.3, -0.25) is 0 Å². The van der Waals surface area contributed by atoms with Crippen LogP contribution in [0.2, 0.25) is 5.04 Å². The van der Waals surface area contributed by atoms with E-state index in [4.69, 9.17) is 9.16 Å². The summed E-state index contributed by atoms with van der Waals surface area (Å²) in [5.41, 5.74) is 1.10. The Balaban J connectivity index is 1.66. The summed E-state index contributed by atoms with van der Waals surface area (Å²) in [6, 6.07) is 30.8. The first kappa shape index (κ1) is 27.3. The first-order valence-electron chi connectivity index (χ1n) is 12.5. The molecule has 0 radical (unpaired) electrons. The number of hydrogen-bond acceptors (Lipinski definition) is 4. The molecule has 3 atom stereocenters. The smallest absolute Gasteiger partial charge is 0.261 e. The normalized spacial score (nSPS) is 14.9. The quantitative estimate of drug-likeness (QED) is 0.365. The molecule has 5 heteroatoms. The minimum absolute atomic E-state index is 0.0961. The first-order chi connectivity index (χ1) is 16.7. The second-order valence-electron chi connectivity index (χ2n) is 10.4. The Hall–Kier alpha value is -2.28. The Morgan fingerprint density at radius 3 is 1.71 bits per heavy atom. The van der Waals surface area contributed by atoms with Gasteiger partial charge in [0.05, 0.1) is 32.0 Å². The molecule has 0 saturated carbocycles. The highest BCUT2D eigenvalue weighted by molar-refractivity contribution is 6.99. The molecular weight excluding hydrogens is 452 g/mol. The molecule has 4 nitrogen and oxygen atoms in total. The van der Waals surface area contributed by atoms with Crippen LogP contribution in [0.25, 0.3) is 0 Å². The number of aliphatic hydroxyl groups is 2. The maximum Gasteiger partial charge on any atom is 0.261 e. The molecule has 3 aromatic carbocycles. The lowest BCUT2D eigenvalue weighted by Gasteiger charge is -2.43. The van der Waals surface area contributed by atoms with Crippen LogP contribution in [0.4, 0.5) is 0 Å². The van der Waals surface area contributed by atoms with Crippen LogP contribution in [0.15, 0.2) is 91.0 Å². The molecule has 3 rings (SSSR count). The number of aliphatic hydroxyl groups excluding tert-OH is 2. The highest BCUT2D eigenvalue weighted by Gasteiger charge is 2.50. The zero-order chi connectivity index (χ0) is 25.3. The predicted molar refractivity (Wildman–Crippen MR) is 145 cm³/mol. The van der Waals surface area contributed by atoms with E-state index in [-0.39, 0.29) is 24.0 Å². The van der Waals surface area contributed by atoms with Gasteiger partial charge < -0.3 is 19.4 Å². The molecule has 0 heterocycles. The molecule has 0 amide bonds. The molecular formula is C30H40O4Si. The van der Waals surface area contributed by atoms with E-state index < -0.39 is 20.5 Å². The van der Waals surface area contributed by atoms with E-state index in [1.165, 1.54) is 10.4 Å². The molecule has 0 unspecified atom stereocenters. The van der Waals surface area contributed by atoms with Gasteiger partial charge in [0.25, 0.3) is 8.32 Å². The van der Waals surface area contributed by atoms with E-state index in [0.29, 0.717) is 13.2 Å². The molecule has 0 aliphatic heterocycles. The van der Waals surface area contributed by atoms with Gasteiger partial charge in [0.1, 0.15) is 0 Å². The third kappa shape index (κ3) is 7.12. The predicted octanol–water partition coefficient (Wildman–Crippen LogP) is 4.53. The van der Waals surface area contributed by atoms with Gasteiger partial charge in [0.2, 0.25) is 0 Å². The summed E-state index contributed by atoms with van der Waals surface area (Å²) in [5.74, 6) is -0.0961. The summed E-state index contributed by atoms with van der Waals surface area (Å²) < 4.78 is 12.6. The lowest BCUT2D eigenvalue weighted by molar-refractivity contribution is -0.00727. The molecule has 0 saturated heterocycles. The van der Waals surface area contributed by atoms with Crippen molar-refractivity contribution in [2.45, 2.75) is 58.0 Å². The molecule has 0 aromatic heterocycles. The van der Waals surface area contributed by atoms with E-state index in [2.05, 4.69) is 45.0 Å². The van der Waals surface area contributed by atoms with Gasteiger partial charge >= 0.3 is 0 Å². The summed E-state index contributed by atoms with van der Waals surface area (Å²) in [7, 11) is -2.72. The molecule has 188 valence electrons. The third-order valence-electron chi connectivity index (χ3n) is 6.57. The van der Waals surface area contributed by atoms with Gasteiger partial charge in [0, 0.05) is 12.3 Å². The first-order valence-corrected chi connectivity index (χ1v) is 14.4. The Kier molecular flexibility index (Phi) is 9.84. The SMILES string of the molecule is C[C@H](COCc1ccccc1)[C@@H](O)C[C@H](O)CO[Si](c1ccccc1)(c1ccccc1)C(C)(C)C. The van der Waals surface area contributed by atoms with Crippen LogP contribution in [0, 0.1) is 5.92 Å². The summed E-state index contributed by atoms with van der Waals surface area (Å²) in [4.78, 5) is 0. The van der Waals surface area contributed by atoms with Crippen molar-refractivity contribution in [3.8, 4) is 0 Å². The van der Waals surface area contributed by atoms with Crippen LogP contribution in [0.3, 0.4) is 0 Å². The van der Waals surface area contributed by atoms with Crippen LogP contribution >= 0.6 is 0 Å². The van der Waals surface area contributed by atoms with Crippen molar-refractivity contribution in [2.75, 3.05) is 13.2 Å². The maximum absolute atomic E-state index is 10.9. The zero-order valence-electron chi connectivity index (χ0n) is 21.4. The molecule has 0 spiro atoms. The summed E-state index contributed by atoms with van der Waals surface area (Å²) in [6.45, 7) is 9.70. The minimum atomic E-state index is -2.72. The van der Waals surface area contributed by atoms with Crippen LogP contribution < -0.4 is 10.4 Å². The number of hydrogen-bond donors (Lipinski definition) is 2. The summed E-state index contributed by atoms with van der Waals surface area (Å²) in [6.07, 6.45) is -1.21. The van der Waals surface area contributed by atoms with Crippen molar-refractivity contribution in [3.05, 3.63) is 96.6 Å². The third-order valence-corrected chi connectivity index (χ3v) is 11.6. The average Bonchev–Trinajstić information content (AvgIpc) is 2.85. The summed E-state index contributed by atoms with van der Waals surface area (Å²) >= 11 is 0. The number of ether oxygens (including phenoxy) is 1. The van der Waals surface area contributed by atoms with Gasteiger partial charge in [-0.2, -0.15) is 0 Å². The summed E-state index contributed by atoms with van der Waals surface area (Å²) in [5, 5.41) is 23.8. The van der Waals surface area contributed by atoms with Gasteiger partial charge in [0.15, 0.2) is 0 Å². The van der Waals surface area contributed by atoms with Gasteiger partial charge in [-0.05, 0) is 21.0 Å². The van der Waals surface area contributed by atoms with Crippen LogP contribution in [0.1, 0.15) is 39.7 Å². The van der Waals surface area contributed by atoms with Gasteiger partial charge in [-0.1, -0.05) is 119 Å². The van der Waals surface area contributed by atoms with E-state index in [0.717, 1.165) is 5.56 Å².